The quantitative estimate of drug-likeness (QED) is 0.736. The van der Waals surface area contributed by atoms with Gasteiger partial charge in [-0.3, -0.25) is 9.10 Å². The molecule has 1 saturated carbocycles. The third-order valence-electron chi connectivity index (χ3n) is 4.78. The Morgan fingerprint density at radius 3 is 2.32 bits per heavy atom. The minimum absolute atomic E-state index is 0.0460. The van der Waals surface area contributed by atoms with E-state index in [9.17, 15) is 13.2 Å². The standard InChI is InChI=1S/C21H26N2O4S/c1-28(25,26)23(15-17-7-3-2-4-8-17)19-11-13-20(14-12-19)27-16-21(24)22-18-9-5-6-10-18/h2-4,7-8,11-14,18H,5-6,9-10,15-16H2,1H3,(H,22,24). The molecule has 0 spiro atoms. The molecule has 6 nitrogen and oxygen atoms in total. The van der Waals surface area contributed by atoms with Crippen molar-refractivity contribution in [1.82, 2.24) is 5.32 Å². The zero-order chi connectivity index (χ0) is 20.0. The van der Waals surface area contributed by atoms with Crippen LogP contribution < -0.4 is 14.4 Å². The molecular formula is C21H26N2O4S. The van der Waals surface area contributed by atoms with E-state index in [1.165, 1.54) is 10.6 Å². The Morgan fingerprint density at radius 2 is 1.71 bits per heavy atom. The van der Waals surface area contributed by atoms with Crippen molar-refractivity contribution in [2.45, 2.75) is 38.3 Å². The van der Waals surface area contributed by atoms with Crippen LogP contribution in [0, 0.1) is 0 Å². The predicted molar refractivity (Wildman–Crippen MR) is 110 cm³/mol. The summed E-state index contributed by atoms with van der Waals surface area (Å²) in [4.78, 5) is 12.0. The predicted octanol–water partition coefficient (Wildman–Crippen LogP) is 3.09. The van der Waals surface area contributed by atoms with E-state index in [0.29, 0.717) is 11.4 Å². The fourth-order valence-corrected chi connectivity index (χ4v) is 4.23. The van der Waals surface area contributed by atoms with Crippen molar-refractivity contribution in [1.29, 1.82) is 0 Å². The molecule has 1 amide bonds. The minimum atomic E-state index is -3.44. The highest BCUT2D eigenvalue weighted by Gasteiger charge is 2.19. The Hall–Kier alpha value is -2.54. The minimum Gasteiger partial charge on any atom is -0.484 e. The average molecular weight is 403 g/mol. The van der Waals surface area contributed by atoms with Crippen LogP contribution in [-0.2, 0) is 21.4 Å². The summed E-state index contributed by atoms with van der Waals surface area (Å²) in [7, 11) is -3.44. The van der Waals surface area contributed by atoms with Gasteiger partial charge in [0.1, 0.15) is 5.75 Å². The van der Waals surface area contributed by atoms with E-state index in [-0.39, 0.29) is 25.1 Å². The topological polar surface area (TPSA) is 75.7 Å². The molecule has 7 heteroatoms. The van der Waals surface area contributed by atoms with E-state index in [2.05, 4.69) is 5.32 Å². The summed E-state index contributed by atoms with van der Waals surface area (Å²) in [5.41, 5.74) is 1.45. The van der Waals surface area contributed by atoms with Gasteiger partial charge in [-0.2, -0.15) is 0 Å². The molecule has 0 aliphatic heterocycles. The molecular weight excluding hydrogens is 376 g/mol. The van der Waals surface area contributed by atoms with Crippen molar-refractivity contribution in [2.24, 2.45) is 0 Å². The molecule has 1 N–H and O–H groups in total. The first kappa shape index (κ1) is 20.2. The molecule has 0 unspecified atom stereocenters. The summed E-state index contributed by atoms with van der Waals surface area (Å²) < 4.78 is 31.4. The monoisotopic (exact) mass is 402 g/mol. The number of carbonyl (C=O) groups excluding carboxylic acids is 1. The second-order valence-electron chi connectivity index (χ2n) is 7.09. The van der Waals surface area contributed by atoms with Crippen molar-refractivity contribution >= 4 is 21.6 Å². The van der Waals surface area contributed by atoms with Crippen LogP contribution in [-0.4, -0.2) is 33.2 Å². The summed E-state index contributed by atoms with van der Waals surface area (Å²) in [6, 6.07) is 16.4. The number of nitrogens with zero attached hydrogens (tertiary/aromatic N) is 1. The summed E-state index contributed by atoms with van der Waals surface area (Å²) in [5.74, 6) is 0.399. The Bertz CT molecular complexity index is 876. The smallest absolute Gasteiger partial charge is 0.258 e. The molecule has 2 aromatic carbocycles. The molecule has 150 valence electrons. The first-order chi connectivity index (χ1) is 13.4. The number of rotatable bonds is 8. The molecule has 0 saturated heterocycles. The molecule has 2 aromatic rings. The summed E-state index contributed by atoms with van der Waals surface area (Å²) in [6.07, 6.45) is 5.57. The first-order valence-electron chi connectivity index (χ1n) is 9.46. The first-order valence-corrected chi connectivity index (χ1v) is 11.3. The van der Waals surface area contributed by atoms with Crippen molar-refractivity contribution in [3.8, 4) is 5.75 Å². The van der Waals surface area contributed by atoms with Crippen molar-refractivity contribution in [2.75, 3.05) is 17.2 Å². The van der Waals surface area contributed by atoms with Crippen LogP contribution in [0.1, 0.15) is 31.2 Å². The fraction of sp³-hybridized carbons (Fsp3) is 0.381. The van der Waals surface area contributed by atoms with Crippen LogP contribution in [0.2, 0.25) is 0 Å². The fourth-order valence-electron chi connectivity index (χ4n) is 3.35. The number of nitrogens with one attached hydrogen (secondary N) is 1. The molecule has 1 fully saturated rings. The second kappa shape index (κ2) is 9.10. The molecule has 1 aliphatic carbocycles. The Kier molecular flexibility index (Phi) is 6.57. The van der Waals surface area contributed by atoms with Gasteiger partial charge in [-0.05, 0) is 42.7 Å². The number of benzene rings is 2. The molecule has 3 rings (SSSR count). The maximum Gasteiger partial charge on any atom is 0.258 e. The highest BCUT2D eigenvalue weighted by Crippen LogP contribution is 2.24. The lowest BCUT2D eigenvalue weighted by Gasteiger charge is -2.22. The van der Waals surface area contributed by atoms with Crippen LogP contribution in [0.3, 0.4) is 0 Å². The third kappa shape index (κ3) is 5.73. The number of amides is 1. The average Bonchev–Trinajstić information content (AvgIpc) is 3.18. The van der Waals surface area contributed by atoms with Crippen LogP contribution in [0.5, 0.6) is 5.75 Å². The highest BCUT2D eigenvalue weighted by molar-refractivity contribution is 7.92. The summed E-state index contributed by atoms with van der Waals surface area (Å²) >= 11 is 0. The van der Waals surface area contributed by atoms with Crippen molar-refractivity contribution in [3.05, 3.63) is 60.2 Å². The normalized spacial score (nSPS) is 14.6. The van der Waals surface area contributed by atoms with E-state index in [4.69, 9.17) is 4.74 Å². The third-order valence-corrected chi connectivity index (χ3v) is 5.92. The van der Waals surface area contributed by atoms with Gasteiger partial charge in [0.05, 0.1) is 18.5 Å². The van der Waals surface area contributed by atoms with Gasteiger partial charge in [-0.15, -0.1) is 0 Å². The largest absolute Gasteiger partial charge is 0.484 e. The van der Waals surface area contributed by atoms with Crippen molar-refractivity contribution < 1.29 is 17.9 Å². The Balaban J connectivity index is 1.61. The molecule has 0 bridgehead atoms. The van der Waals surface area contributed by atoms with Gasteiger partial charge >= 0.3 is 0 Å². The summed E-state index contributed by atoms with van der Waals surface area (Å²) in [5, 5.41) is 2.97. The number of sulfonamides is 1. The number of anilines is 1. The number of carbonyl (C=O) groups is 1. The lowest BCUT2D eigenvalue weighted by Crippen LogP contribution is -2.36. The van der Waals surface area contributed by atoms with Crippen LogP contribution in [0.25, 0.3) is 0 Å². The molecule has 1 aliphatic rings. The lowest BCUT2D eigenvalue weighted by molar-refractivity contribution is -0.123. The zero-order valence-electron chi connectivity index (χ0n) is 16.0. The van der Waals surface area contributed by atoms with Gasteiger partial charge in [-0.25, -0.2) is 8.42 Å². The van der Waals surface area contributed by atoms with E-state index in [1.54, 1.807) is 24.3 Å². The van der Waals surface area contributed by atoms with Crippen molar-refractivity contribution in [3.63, 3.8) is 0 Å². The molecule has 0 atom stereocenters. The molecule has 0 radical (unpaired) electrons. The van der Waals surface area contributed by atoms with Gasteiger partial charge in [0.2, 0.25) is 10.0 Å². The molecule has 0 heterocycles. The van der Waals surface area contributed by atoms with Gasteiger partial charge in [0, 0.05) is 6.04 Å². The van der Waals surface area contributed by atoms with E-state index in [0.717, 1.165) is 31.2 Å². The van der Waals surface area contributed by atoms with Crippen LogP contribution >= 0.6 is 0 Å². The maximum atomic E-state index is 12.2. The number of hydrogen-bond acceptors (Lipinski definition) is 4. The Morgan fingerprint density at radius 1 is 1.07 bits per heavy atom. The zero-order valence-corrected chi connectivity index (χ0v) is 16.8. The number of hydrogen-bond donors (Lipinski definition) is 1. The van der Waals surface area contributed by atoms with Gasteiger partial charge in [0.15, 0.2) is 6.61 Å². The second-order valence-corrected chi connectivity index (χ2v) is 8.99. The lowest BCUT2D eigenvalue weighted by atomic mass is 10.2. The van der Waals surface area contributed by atoms with E-state index >= 15 is 0 Å². The molecule has 0 aromatic heterocycles. The van der Waals surface area contributed by atoms with E-state index < -0.39 is 10.0 Å². The van der Waals surface area contributed by atoms with Crippen LogP contribution in [0.15, 0.2) is 54.6 Å². The maximum absolute atomic E-state index is 12.2. The summed E-state index contributed by atoms with van der Waals surface area (Å²) in [6.45, 7) is 0.208. The van der Waals surface area contributed by atoms with Gasteiger partial charge in [0.25, 0.3) is 5.91 Å². The Labute approximate surface area is 166 Å². The number of ether oxygens (including phenoxy) is 1. The highest BCUT2D eigenvalue weighted by atomic mass is 32.2. The van der Waals surface area contributed by atoms with Gasteiger partial charge < -0.3 is 10.1 Å². The van der Waals surface area contributed by atoms with E-state index in [1.807, 2.05) is 30.3 Å². The van der Waals surface area contributed by atoms with Crippen LogP contribution in [0.4, 0.5) is 5.69 Å². The SMILES string of the molecule is CS(=O)(=O)N(Cc1ccccc1)c1ccc(OCC(=O)NC2CCCC2)cc1. The molecule has 28 heavy (non-hydrogen) atoms. The van der Waals surface area contributed by atoms with Gasteiger partial charge in [-0.1, -0.05) is 43.2 Å².